The molecule has 4 N–H and O–H groups in total. The highest BCUT2D eigenvalue weighted by Gasteiger charge is 2.40. The molecule has 1 aromatic heterocycles. The van der Waals surface area contributed by atoms with E-state index in [0.717, 1.165) is 58.1 Å². The lowest BCUT2D eigenvalue weighted by Gasteiger charge is -2.35. The Balaban J connectivity index is 0.000000303. The van der Waals surface area contributed by atoms with E-state index < -0.39 is 79.3 Å². The molecule has 5 aromatic rings. The molecule has 0 bridgehead atoms. The van der Waals surface area contributed by atoms with E-state index in [1.165, 1.54) is 12.7 Å². The Morgan fingerprint density at radius 2 is 1.58 bits per heavy atom. The minimum Gasteiger partial charge on any atom is -0.489 e. The van der Waals surface area contributed by atoms with Gasteiger partial charge in [-0.1, -0.05) is 104 Å². The lowest BCUT2D eigenvalue weighted by atomic mass is 9.81. The molecule has 1 fully saturated rings. The van der Waals surface area contributed by atoms with E-state index >= 15 is 0 Å². The van der Waals surface area contributed by atoms with Gasteiger partial charge in [0, 0.05) is 56.6 Å². The van der Waals surface area contributed by atoms with Crippen LogP contribution in [0.1, 0.15) is 108 Å². The van der Waals surface area contributed by atoms with Crippen LogP contribution in [-0.2, 0) is 54.9 Å². The molecule has 2 amide bonds. The Hall–Kier alpha value is -6.25. The number of sulfone groups is 1. The zero-order chi connectivity index (χ0) is 69.2. The van der Waals surface area contributed by atoms with Crippen molar-refractivity contribution >= 4 is 127 Å². The summed E-state index contributed by atoms with van der Waals surface area (Å²) >= 11 is 29.3. The molecule has 4 aromatic carbocycles. The summed E-state index contributed by atoms with van der Waals surface area (Å²) in [5.74, 6) is -4.34. The average molecular weight is 1410 g/mol. The van der Waals surface area contributed by atoms with Gasteiger partial charge in [0.05, 0.1) is 67.3 Å². The Labute approximate surface area is 553 Å². The number of carbonyl (C=O) groups excluding carboxylic acids is 5. The summed E-state index contributed by atoms with van der Waals surface area (Å²) < 4.78 is 56.2. The Morgan fingerprint density at radius 3 is 2.09 bits per heavy atom. The number of aryl methyl sites for hydroxylation is 2. The van der Waals surface area contributed by atoms with Crippen molar-refractivity contribution in [3.8, 4) is 17.2 Å². The summed E-state index contributed by atoms with van der Waals surface area (Å²) in [4.78, 5) is 103. The second-order valence-corrected chi connectivity index (χ2v) is 29.1. The highest BCUT2D eigenvalue weighted by molar-refractivity contribution is 7.90. The van der Waals surface area contributed by atoms with Crippen LogP contribution in [0.5, 0.6) is 11.5 Å². The lowest BCUT2D eigenvalue weighted by molar-refractivity contribution is -0.385. The molecule has 91 heavy (non-hydrogen) atoms. The monoisotopic (exact) mass is 1410 g/mol. The first-order valence-electron chi connectivity index (χ1n) is 28.1. The van der Waals surface area contributed by atoms with Gasteiger partial charge >= 0.3 is 11.7 Å². The molecule has 2 heterocycles. The molecule has 1 aliphatic carbocycles. The molecule has 0 spiro atoms. The van der Waals surface area contributed by atoms with Gasteiger partial charge in [-0.15, -0.1) is 16.7 Å². The van der Waals surface area contributed by atoms with E-state index in [0.29, 0.717) is 47.7 Å². The van der Waals surface area contributed by atoms with Crippen LogP contribution in [0, 0.1) is 23.0 Å². The number of para-hydroxylation sites is 3. The number of methoxy groups -OCH3 is 1. The number of hydrogen-bond acceptors (Lipinski definition) is 18. The summed E-state index contributed by atoms with van der Waals surface area (Å²) in [6, 6.07) is 18.2. The number of amides is 2. The van der Waals surface area contributed by atoms with Gasteiger partial charge in [0.15, 0.2) is 39.4 Å². The number of nitro benzene ring substituents is 1. The fraction of sp³-hybridized carbons (Fsp3) is 0.467. The minimum absolute atomic E-state index is 0.0223. The predicted octanol–water partition coefficient (Wildman–Crippen LogP) is 10.8. The van der Waals surface area contributed by atoms with Crippen molar-refractivity contribution < 1.29 is 75.3 Å². The molecule has 500 valence electrons. The van der Waals surface area contributed by atoms with Gasteiger partial charge in [-0.25, -0.2) is 13.2 Å². The van der Waals surface area contributed by atoms with Crippen molar-refractivity contribution in [2.45, 2.75) is 134 Å². The van der Waals surface area contributed by atoms with Crippen molar-refractivity contribution in [2.75, 3.05) is 55.1 Å². The number of aliphatic carboxylic acids is 1. The molecular weight excluding hydrogens is 1330 g/mol. The lowest BCUT2D eigenvalue weighted by Crippen LogP contribution is -2.47. The van der Waals surface area contributed by atoms with Crippen molar-refractivity contribution in [3.63, 3.8) is 0 Å². The summed E-state index contributed by atoms with van der Waals surface area (Å²) in [5.41, 5.74) is 7.83. The quantitative estimate of drug-likeness (QED) is 0.0183. The number of nitro groups is 1. The summed E-state index contributed by atoms with van der Waals surface area (Å²) in [5, 5.41) is 24.3. The fourth-order valence-electron chi connectivity index (χ4n) is 8.78. The number of Topliss-reactive ketones (excluding diaryl/α,β-unsaturated/α-hetero) is 3. The van der Waals surface area contributed by atoms with E-state index in [-0.39, 0.29) is 76.6 Å². The maximum Gasteiger partial charge on any atom is 0.442 e. The topological polar surface area (TPSA) is 345 Å². The number of nitrogens with two attached hydrogens (primary N) is 1. The van der Waals surface area contributed by atoms with Crippen LogP contribution in [0.4, 0.5) is 17.1 Å². The molecule has 31 heteroatoms. The number of carboxylic acid groups (broad SMARTS) is 1. The van der Waals surface area contributed by atoms with Gasteiger partial charge in [-0.3, -0.25) is 43.4 Å². The second-order valence-electron chi connectivity index (χ2n) is 22.3. The normalized spacial score (nSPS) is 15.3. The maximum atomic E-state index is 12.4. The third kappa shape index (κ3) is 23.1. The molecule has 4 atom stereocenters. The smallest absolute Gasteiger partial charge is 0.442 e. The van der Waals surface area contributed by atoms with Gasteiger partial charge in [0.1, 0.15) is 35.9 Å². The molecule has 2 aliphatic rings. The molecule has 0 saturated heterocycles. The van der Waals surface area contributed by atoms with Crippen molar-refractivity contribution in [2.24, 2.45) is 11.7 Å². The van der Waals surface area contributed by atoms with Gasteiger partial charge in [-0.2, -0.15) is 4.68 Å². The number of nitrogens with zero attached hydrogens (tertiary/aromatic N) is 5. The number of fused-ring (bicyclic) bond motifs is 1. The van der Waals surface area contributed by atoms with Crippen molar-refractivity contribution in [1.29, 1.82) is 0 Å². The zero-order valence-electron chi connectivity index (χ0n) is 52.2. The molecule has 1 saturated carbocycles. The highest BCUT2D eigenvalue weighted by Crippen LogP contribution is 2.38. The van der Waals surface area contributed by atoms with E-state index in [1.54, 1.807) is 23.0 Å². The number of carbonyl (C=O) groups is 6. The molecule has 7 rings (SSSR count). The van der Waals surface area contributed by atoms with Crippen LogP contribution in [0.25, 0.3) is 5.69 Å². The molecule has 0 radical (unpaired) electrons. The van der Waals surface area contributed by atoms with Crippen LogP contribution in [0.15, 0.2) is 86.9 Å². The largest absolute Gasteiger partial charge is 0.489 e. The van der Waals surface area contributed by atoms with Gasteiger partial charge in [0.25, 0.3) is 11.6 Å². The van der Waals surface area contributed by atoms with E-state index in [2.05, 4.69) is 18.1 Å². The SMILES string of the molecule is CC(C)Oc1cc(-n2nc(C(C)(C)C)oc2=O)c(Cl)cc1Cl.CC1COc2ccccc2N1C(=O)C(Cl)Cl.CCc1cccc(C)c1N(C(=O)CCl)C(C)COC.CP(=O)(O)CCC(N)C(=O)O.CS(=O)(=O)c1ccc(C(=O)C2C(=O)CCCC2=O)c([N+](=O)[O-])c1. The Morgan fingerprint density at radius 1 is 0.967 bits per heavy atom. The number of benzene rings is 4. The number of alkyl halides is 3. The third-order valence-corrected chi connectivity index (χ3v) is 16.6. The van der Waals surface area contributed by atoms with E-state index in [1.807, 2.05) is 91.8 Å². The summed E-state index contributed by atoms with van der Waals surface area (Å²) in [6.45, 7) is 19.5. The number of carboxylic acids is 1. The highest BCUT2D eigenvalue weighted by atomic mass is 35.5. The molecule has 24 nitrogen and oxygen atoms in total. The first-order valence-corrected chi connectivity index (χ1v) is 34.5. The fourth-order valence-corrected chi connectivity index (χ4v) is 11.0. The summed E-state index contributed by atoms with van der Waals surface area (Å²) in [6.07, 6.45) is 2.18. The number of anilines is 2. The minimum atomic E-state index is -3.70. The first-order chi connectivity index (χ1) is 42.2. The molecule has 1 aliphatic heterocycles. The Kier molecular flexibility index (Phi) is 30.5. The number of ketones is 3. The third-order valence-electron chi connectivity index (χ3n) is 13.2. The van der Waals surface area contributed by atoms with Crippen molar-refractivity contribution in [1.82, 2.24) is 9.78 Å². The second kappa shape index (κ2) is 35.1. The van der Waals surface area contributed by atoms with E-state index in [9.17, 15) is 56.7 Å². The van der Waals surface area contributed by atoms with Crippen LogP contribution in [0.2, 0.25) is 10.0 Å². The van der Waals surface area contributed by atoms with E-state index in [4.69, 9.17) is 92.4 Å². The van der Waals surface area contributed by atoms with Crippen LogP contribution < -0.4 is 30.8 Å². The first kappa shape index (κ1) is 79.0. The van der Waals surface area contributed by atoms with Gasteiger partial charge in [-0.05, 0) is 95.3 Å². The number of halogens is 5. The van der Waals surface area contributed by atoms with Gasteiger partial charge in [0.2, 0.25) is 11.8 Å². The number of ether oxygens (including phenoxy) is 3. The standard InChI is InChI=1S/C15H18Cl2N2O3.C15H22ClNO2.C14H13NO7S.C11H11Cl2NO2.C5H12NO4P/c1-8(2)21-12-7-11(9(16)6-10(12)17)19-14(20)22-13(18-19)15(3,4)5;1-5-13-8-6-7-11(2)15(13)17(14(18)9-16)12(3)10-19-4;1-23(21,22)8-5-6-9(10(7-8)15(19)20)14(18)13-11(16)3-2-4-12(13)17;1-7-6-16-9-5-3-2-4-8(9)14(7)11(15)10(12)13;1-11(9,10)3-2-4(6)5(7)8/h6-8H,1-5H3;6-8,12H,5,9-10H2,1-4H3;5-7,13H,2-4H2,1H3;2-5,7,10H,6H2,1H3;4H,2-3,6H2,1H3,(H,7,8)(H,9,10). The molecule has 4 unspecified atom stereocenters. The number of rotatable bonds is 18. The van der Waals surface area contributed by atoms with Crippen molar-refractivity contribution in [3.05, 3.63) is 126 Å². The zero-order valence-corrected chi connectivity index (χ0v) is 57.7. The van der Waals surface area contributed by atoms with Crippen LogP contribution in [-0.4, -0.2) is 143 Å². The Bertz CT molecular complexity index is 3630. The predicted molar refractivity (Wildman–Crippen MR) is 350 cm³/mol. The number of hydrogen-bond donors (Lipinski definition) is 3. The molecular formula is C60H76Cl5N6O18PS. The van der Waals surface area contributed by atoms with Crippen LogP contribution in [0.3, 0.4) is 0 Å². The maximum absolute atomic E-state index is 12.4. The summed E-state index contributed by atoms with van der Waals surface area (Å²) in [7, 11) is -5.16. The average Bonchev–Trinajstić information content (AvgIpc) is 1.61. The van der Waals surface area contributed by atoms with Crippen LogP contribution >= 0.6 is 65.4 Å². The van der Waals surface area contributed by atoms with Gasteiger partial charge < -0.3 is 44.2 Å². The number of aromatic nitrogens is 2.